The molecule has 1 aromatic heterocycles. The summed E-state index contributed by atoms with van der Waals surface area (Å²) in [5.74, 6) is 0.718. The molecule has 0 spiro atoms. The summed E-state index contributed by atoms with van der Waals surface area (Å²) in [7, 11) is 0. The lowest BCUT2D eigenvalue weighted by Crippen LogP contribution is -2.12. The van der Waals surface area contributed by atoms with Crippen LogP contribution in [0.2, 0.25) is 0 Å². The Morgan fingerprint density at radius 1 is 1.39 bits per heavy atom. The summed E-state index contributed by atoms with van der Waals surface area (Å²) >= 11 is 0. The number of benzene rings is 1. The van der Waals surface area contributed by atoms with Crippen LogP contribution in [0.3, 0.4) is 0 Å². The van der Waals surface area contributed by atoms with E-state index in [1.807, 2.05) is 24.3 Å². The third-order valence-electron chi connectivity index (χ3n) is 3.22. The van der Waals surface area contributed by atoms with Crippen LogP contribution in [-0.2, 0) is 0 Å². The lowest BCUT2D eigenvalue weighted by molar-refractivity contribution is 0.412. The first-order valence-electron chi connectivity index (χ1n) is 6.07. The molecule has 1 N–H and O–H groups in total. The van der Waals surface area contributed by atoms with E-state index in [0.29, 0.717) is 11.6 Å². The van der Waals surface area contributed by atoms with Crippen LogP contribution >= 0.6 is 0 Å². The molecule has 1 fully saturated rings. The maximum absolute atomic E-state index is 8.88. The van der Waals surface area contributed by atoms with Gasteiger partial charge in [-0.15, -0.1) is 0 Å². The number of hydrogen-bond acceptors (Lipinski definition) is 4. The predicted octanol–water partition coefficient (Wildman–Crippen LogP) is 2.64. The maximum Gasteiger partial charge on any atom is 0.167 e. The van der Waals surface area contributed by atoms with Crippen LogP contribution in [0, 0.1) is 11.3 Å². The van der Waals surface area contributed by atoms with Crippen molar-refractivity contribution in [1.29, 1.82) is 5.26 Å². The van der Waals surface area contributed by atoms with Gasteiger partial charge in [0.15, 0.2) is 5.76 Å². The van der Waals surface area contributed by atoms with Gasteiger partial charge in [-0.25, -0.2) is 0 Å². The van der Waals surface area contributed by atoms with Crippen molar-refractivity contribution in [3.63, 3.8) is 0 Å². The van der Waals surface area contributed by atoms with Crippen molar-refractivity contribution in [3.05, 3.63) is 41.6 Å². The first-order chi connectivity index (χ1) is 8.86. The van der Waals surface area contributed by atoms with Gasteiger partial charge in [-0.2, -0.15) is 5.26 Å². The Morgan fingerprint density at radius 3 is 3.11 bits per heavy atom. The van der Waals surface area contributed by atoms with Gasteiger partial charge < -0.3 is 9.84 Å². The third-order valence-corrected chi connectivity index (χ3v) is 3.22. The largest absolute Gasteiger partial charge is 0.356 e. The summed E-state index contributed by atoms with van der Waals surface area (Å²) in [6, 6.07) is 11.8. The summed E-state index contributed by atoms with van der Waals surface area (Å²) in [5, 5.41) is 16.4. The van der Waals surface area contributed by atoms with Gasteiger partial charge in [0.25, 0.3) is 0 Å². The van der Waals surface area contributed by atoms with Crippen molar-refractivity contribution in [3.8, 4) is 17.4 Å². The standard InChI is InChI=1S/C14H13N3O/c15-9-10-3-1-4-11(7-10)14-8-13(17-18-14)12-5-2-6-16-12/h1,3-4,7-8,12,16H,2,5-6H2/t12-/m1/s1. The van der Waals surface area contributed by atoms with E-state index < -0.39 is 0 Å². The summed E-state index contributed by atoms with van der Waals surface area (Å²) in [6.07, 6.45) is 2.28. The molecule has 2 heterocycles. The fourth-order valence-electron chi connectivity index (χ4n) is 2.27. The van der Waals surface area contributed by atoms with Crippen molar-refractivity contribution in [2.45, 2.75) is 18.9 Å². The summed E-state index contributed by atoms with van der Waals surface area (Å²) in [6.45, 7) is 1.04. The average Bonchev–Trinajstić information content (AvgIpc) is 3.09. The monoisotopic (exact) mass is 239 g/mol. The summed E-state index contributed by atoms with van der Waals surface area (Å²) in [4.78, 5) is 0. The molecule has 90 valence electrons. The van der Waals surface area contributed by atoms with E-state index in [0.717, 1.165) is 30.0 Å². The fraction of sp³-hybridized carbons (Fsp3) is 0.286. The minimum absolute atomic E-state index is 0.307. The molecule has 0 radical (unpaired) electrons. The van der Waals surface area contributed by atoms with Gasteiger partial charge >= 0.3 is 0 Å². The van der Waals surface area contributed by atoms with Crippen LogP contribution in [0.1, 0.15) is 30.1 Å². The Balaban J connectivity index is 1.90. The van der Waals surface area contributed by atoms with Gasteiger partial charge in [-0.05, 0) is 31.5 Å². The smallest absolute Gasteiger partial charge is 0.167 e. The minimum Gasteiger partial charge on any atom is -0.356 e. The first kappa shape index (κ1) is 11.0. The van der Waals surface area contributed by atoms with Gasteiger partial charge in [-0.3, -0.25) is 0 Å². The van der Waals surface area contributed by atoms with Gasteiger partial charge in [0.05, 0.1) is 17.7 Å². The van der Waals surface area contributed by atoms with Gasteiger partial charge in [-0.1, -0.05) is 17.3 Å². The first-order valence-corrected chi connectivity index (χ1v) is 6.07. The van der Waals surface area contributed by atoms with E-state index in [1.54, 1.807) is 6.07 Å². The number of nitrogens with one attached hydrogen (secondary N) is 1. The molecule has 1 aliphatic heterocycles. The van der Waals surface area contributed by atoms with E-state index in [1.165, 1.54) is 6.42 Å². The van der Waals surface area contributed by atoms with E-state index in [2.05, 4.69) is 16.5 Å². The predicted molar refractivity (Wildman–Crippen MR) is 66.6 cm³/mol. The van der Waals surface area contributed by atoms with Crippen molar-refractivity contribution >= 4 is 0 Å². The van der Waals surface area contributed by atoms with Crippen LogP contribution in [0.15, 0.2) is 34.9 Å². The second-order valence-electron chi connectivity index (χ2n) is 4.46. The Hall–Kier alpha value is -2.12. The van der Waals surface area contributed by atoms with E-state index >= 15 is 0 Å². The van der Waals surface area contributed by atoms with Crippen molar-refractivity contribution in [2.75, 3.05) is 6.54 Å². The molecule has 1 aliphatic rings. The Labute approximate surface area is 105 Å². The topological polar surface area (TPSA) is 61.9 Å². The molecule has 2 aromatic rings. The van der Waals surface area contributed by atoms with Crippen LogP contribution in [0.25, 0.3) is 11.3 Å². The molecule has 0 amide bonds. The van der Waals surface area contributed by atoms with Crippen LogP contribution in [0.5, 0.6) is 0 Å². The van der Waals surface area contributed by atoms with Crippen LogP contribution in [0.4, 0.5) is 0 Å². The highest BCUT2D eigenvalue weighted by Crippen LogP contribution is 2.27. The zero-order chi connectivity index (χ0) is 12.4. The normalized spacial score (nSPS) is 18.7. The second kappa shape index (κ2) is 4.63. The minimum atomic E-state index is 0.307. The lowest BCUT2D eigenvalue weighted by Gasteiger charge is -2.02. The number of aromatic nitrogens is 1. The molecule has 18 heavy (non-hydrogen) atoms. The number of rotatable bonds is 2. The highest BCUT2D eigenvalue weighted by Gasteiger charge is 2.20. The van der Waals surface area contributed by atoms with Gasteiger partial charge in [0.1, 0.15) is 5.69 Å². The second-order valence-corrected chi connectivity index (χ2v) is 4.46. The quantitative estimate of drug-likeness (QED) is 0.875. The Morgan fingerprint density at radius 2 is 2.33 bits per heavy atom. The van der Waals surface area contributed by atoms with E-state index in [9.17, 15) is 0 Å². The van der Waals surface area contributed by atoms with Crippen LogP contribution in [-0.4, -0.2) is 11.7 Å². The Bertz CT molecular complexity index is 591. The molecule has 1 aromatic carbocycles. The molecule has 3 rings (SSSR count). The molecule has 0 unspecified atom stereocenters. The molecule has 4 nitrogen and oxygen atoms in total. The number of hydrogen-bond donors (Lipinski definition) is 1. The van der Waals surface area contributed by atoms with Gasteiger partial charge in [0.2, 0.25) is 0 Å². The highest BCUT2D eigenvalue weighted by molar-refractivity contribution is 5.60. The maximum atomic E-state index is 8.88. The third kappa shape index (κ3) is 2.01. The number of nitrogens with zero attached hydrogens (tertiary/aromatic N) is 2. The molecule has 1 saturated heterocycles. The molecule has 0 bridgehead atoms. The molecule has 1 atom stereocenters. The molecular formula is C14H13N3O. The average molecular weight is 239 g/mol. The summed E-state index contributed by atoms with van der Waals surface area (Å²) in [5.41, 5.74) is 2.47. The molecular weight excluding hydrogens is 226 g/mol. The van der Waals surface area contributed by atoms with Gasteiger partial charge in [0, 0.05) is 11.6 Å². The Kier molecular flexibility index (Phi) is 2.83. The molecule has 0 saturated carbocycles. The van der Waals surface area contributed by atoms with Crippen molar-refractivity contribution < 1.29 is 4.52 Å². The zero-order valence-electron chi connectivity index (χ0n) is 9.89. The molecule has 4 heteroatoms. The van der Waals surface area contributed by atoms with E-state index in [-0.39, 0.29) is 0 Å². The van der Waals surface area contributed by atoms with Crippen molar-refractivity contribution in [2.24, 2.45) is 0 Å². The van der Waals surface area contributed by atoms with E-state index in [4.69, 9.17) is 9.78 Å². The molecule has 0 aliphatic carbocycles. The highest BCUT2D eigenvalue weighted by atomic mass is 16.5. The van der Waals surface area contributed by atoms with Crippen LogP contribution < -0.4 is 5.32 Å². The zero-order valence-corrected chi connectivity index (χ0v) is 9.89. The summed E-state index contributed by atoms with van der Waals surface area (Å²) < 4.78 is 5.36. The lowest BCUT2D eigenvalue weighted by atomic mass is 10.1. The number of nitriles is 1. The van der Waals surface area contributed by atoms with Crippen molar-refractivity contribution in [1.82, 2.24) is 10.5 Å². The SMILES string of the molecule is N#Cc1cccc(-c2cc([C@H]3CCCN3)no2)c1. The fourth-order valence-corrected chi connectivity index (χ4v) is 2.27.